The van der Waals surface area contributed by atoms with Gasteiger partial charge in [-0.3, -0.25) is 0 Å². The summed E-state index contributed by atoms with van der Waals surface area (Å²) in [5.41, 5.74) is 2.13. The molecule has 0 N–H and O–H groups in total. The van der Waals surface area contributed by atoms with Gasteiger partial charge in [0.25, 0.3) is 0 Å². The van der Waals surface area contributed by atoms with Crippen molar-refractivity contribution in [3.63, 3.8) is 0 Å². The van der Waals surface area contributed by atoms with Crippen LogP contribution in [0.1, 0.15) is 21.5 Å². The molecule has 0 aliphatic heterocycles. The maximum Gasteiger partial charge on any atom is 0.349 e. The molecule has 0 unspecified atom stereocenters. The monoisotopic (exact) mass is 410 g/mol. The Morgan fingerprint density at radius 1 is 0.897 bits per heavy atom. The molecule has 5 nitrogen and oxygen atoms in total. The number of carbonyl (C=O) groups is 2. The van der Waals surface area contributed by atoms with Crippen molar-refractivity contribution >= 4 is 23.5 Å². The zero-order chi connectivity index (χ0) is 20.6. The molecule has 0 saturated heterocycles. The second kappa shape index (κ2) is 9.75. The van der Waals surface area contributed by atoms with Gasteiger partial charge in [-0.15, -0.1) is 0 Å². The predicted octanol–water partition coefficient (Wildman–Crippen LogP) is 4.99. The van der Waals surface area contributed by atoms with E-state index in [1.165, 1.54) is 12.1 Å². The third kappa shape index (κ3) is 6.09. The summed E-state index contributed by atoms with van der Waals surface area (Å²) in [5, 5.41) is 0.627. The number of hydrogen-bond acceptors (Lipinski definition) is 5. The minimum absolute atomic E-state index is 0.192. The van der Waals surface area contributed by atoms with Crippen molar-refractivity contribution in [1.29, 1.82) is 0 Å². The highest BCUT2D eigenvalue weighted by Crippen LogP contribution is 2.21. The molecule has 0 fully saturated rings. The summed E-state index contributed by atoms with van der Waals surface area (Å²) < 4.78 is 15.9. The van der Waals surface area contributed by atoms with Crippen LogP contribution < -0.4 is 9.47 Å². The molecule has 148 valence electrons. The number of esters is 2. The number of benzene rings is 3. The first-order valence-electron chi connectivity index (χ1n) is 8.92. The van der Waals surface area contributed by atoms with Crippen molar-refractivity contribution in [2.45, 2.75) is 13.5 Å². The average molecular weight is 411 g/mol. The van der Waals surface area contributed by atoms with Crippen LogP contribution in [0.4, 0.5) is 0 Å². The van der Waals surface area contributed by atoms with E-state index < -0.39 is 11.9 Å². The minimum Gasteiger partial charge on any atom is -0.482 e. The Morgan fingerprint density at radius 3 is 2.28 bits per heavy atom. The Morgan fingerprint density at radius 2 is 1.59 bits per heavy atom. The molecule has 0 heterocycles. The van der Waals surface area contributed by atoms with Crippen molar-refractivity contribution in [2.75, 3.05) is 6.61 Å². The molecule has 0 aliphatic rings. The lowest BCUT2D eigenvalue weighted by Crippen LogP contribution is -2.17. The van der Waals surface area contributed by atoms with Crippen molar-refractivity contribution in [3.8, 4) is 11.5 Å². The van der Waals surface area contributed by atoms with Gasteiger partial charge in [-0.05, 0) is 60.5 Å². The summed E-state index contributed by atoms with van der Waals surface area (Å²) in [7, 11) is 0. The first kappa shape index (κ1) is 20.4. The zero-order valence-corrected chi connectivity index (χ0v) is 16.5. The number of ether oxygens (including phenoxy) is 3. The van der Waals surface area contributed by atoms with Crippen LogP contribution in [0, 0.1) is 6.92 Å². The molecule has 3 aromatic carbocycles. The number of aryl methyl sites for hydroxylation is 1. The Kier molecular flexibility index (Phi) is 6.87. The van der Waals surface area contributed by atoms with Crippen LogP contribution in [0.15, 0.2) is 72.8 Å². The van der Waals surface area contributed by atoms with Gasteiger partial charge in [0.1, 0.15) is 18.1 Å². The zero-order valence-electron chi connectivity index (χ0n) is 15.8. The van der Waals surface area contributed by atoms with E-state index in [1.807, 2.05) is 37.3 Å². The van der Waals surface area contributed by atoms with Gasteiger partial charge < -0.3 is 14.2 Å². The van der Waals surface area contributed by atoms with Gasteiger partial charge in [0.05, 0.1) is 5.56 Å². The van der Waals surface area contributed by atoms with Crippen LogP contribution in [0.2, 0.25) is 5.02 Å². The number of halogens is 1. The van der Waals surface area contributed by atoms with E-state index in [9.17, 15) is 9.59 Å². The maximum atomic E-state index is 12.1. The lowest BCUT2D eigenvalue weighted by molar-refractivity contribution is -0.136. The molecule has 0 amide bonds. The number of rotatable bonds is 7. The highest BCUT2D eigenvalue weighted by atomic mass is 35.5. The molecule has 3 aromatic rings. The lowest BCUT2D eigenvalue weighted by atomic mass is 10.2. The van der Waals surface area contributed by atoms with Crippen LogP contribution in [0.25, 0.3) is 0 Å². The molecule has 6 heteroatoms. The lowest BCUT2D eigenvalue weighted by Gasteiger charge is -2.09. The third-order valence-corrected chi connectivity index (χ3v) is 4.44. The van der Waals surface area contributed by atoms with Gasteiger partial charge in [-0.2, -0.15) is 0 Å². The molecular weight excluding hydrogens is 392 g/mol. The standard InChI is InChI=1S/C23H19ClO5/c1-16-13-20(11-12-21(16)24)27-15-22(25)29-19-9-7-18(8-10-19)23(26)28-14-17-5-3-2-4-6-17/h2-13H,14-15H2,1H3. The molecule has 29 heavy (non-hydrogen) atoms. The highest BCUT2D eigenvalue weighted by Gasteiger charge is 2.10. The summed E-state index contributed by atoms with van der Waals surface area (Å²) in [4.78, 5) is 24.1. The van der Waals surface area contributed by atoms with Gasteiger partial charge in [-0.25, -0.2) is 9.59 Å². The average Bonchev–Trinajstić information content (AvgIpc) is 2.74. The molecular formula is C23H19ClO5. The van der Waals surface area contributed by atoms with Gasteiger partial charge in [-0.1, -0.05) is 41.9 Å². The second-order valence-corrected chi connectivity index (χ2v) is 6.67. The van der Waals surface area contributed by atoms with E-state index in [2.05, 4.69) is 0 Å². The number of hydrogen-bond donors (Lipinski definition) is 0. The highest BCUT2D eigenvalue weighted by molar-refractivity contribution is 6.31. The topological polar surface area (TPSA) is 61.8 Å². The fourth-order valence-corrected chi connectivity index (χ4v) is 2.59. The van der Waals surface area contributed by atoms with Crippen molar-refractivity contribution < 1.29 is 23.8 Å². The first-order valence-corrected chi connectivity index (χ1v) is 9.30. The van der Waals surface area contributed by atoms with E-state index in [1.54, 1.807) is 30.3 Å². The van der Waals surface area contributed by atoms with E-state index in [-0.39, 0.29) is 13.2 Å². The number of carbonyl (C=O) groups excluding carboxylic acids is 2. The van der Waals surface area contributed by atoms with Gasteiger partial charge >= 0.3 is 11.9 Å². The fourth-order valence-electron chi connectivity index (χ4n) is 2.48. The summed E-state index contributed by atoms with van der Waals surface area (Å²) in [6.07, 6.45) is 0. The normalized spacial score (nSPS) is 10.3. The van der Waals surface area contributed by atoms with Crippen LogP contribution >= 0.6 is 11.6 Å². The summed E-state index contributed by atoms with van der Waals surface area (Å²) in [6.45, 7) is 1.79. The quantitative estimate of drug-likeness (QED) is 0.405. The van der Waals surface area contributed by atoms with Crippen LogP contribution in [0.3, 0.4) is 0 Å². The predicted molar refractivity (Wildman–Crippen MR) is 109 cm³/mol. The van der Waals surface area contributed by atoms with Gasteiger partial charge in [0, 0.05) is 5.02 Å². The molecule has 0 aliphatic carbocycles. The molecule has 0 saturated carbocycles. The summed E-state index contributed by atoms with van der Waals surface area (Å²) >= 11 is 5.96. The Labute approximate surface area is 173 Å². The van der Waals surface area contributed by atoms with Crippen molar-refractivity contribution in [1.82, 2.24) is 0 Å². The summed E-state index contributed by atoms with van der Waals surface area (Å²) in [5.74, 6) is -0.170. The summed E-state index contributed by atoms with van der Waals surface area (Å²) in [6, 6.07) is 20.7. The molecule has 0 bridgehead atoms. The van der Waals surface area contributed by atoms with E-state index in [4.69, 9.17) is 25.8 Å². The largest absolute Gasteiger partial charge is 0.482 e. The smallest absolute Gasteiger partial charge is 0.349 e. The molecule has 0 atom stereocenters. The maximum absolute atomic E-state index is 12.1. The second-order valence-electron chi connectivity index (χ2n) is 6.26. The van der Waals surface area contributed by atoms with Crippen molar-refractivity contribution in [3.05, 3.63) is 94.5 Å². The van der Waals surface area contributed by atoms with Crippen LogP contribution in [0.5, 0.6) is 11.5 Å². The first-order chi connectivity index (χ1) is 14.0. The SMILES string of the molecule is Cc1cc(OCC(=O)Oc2ccc(C(=O)OCc3ccccc3)cc2)ccc1Cl. The fraction of sp³-hybridized carbons (Fsp3) is 0.130. The molecule has 0 radical (unpaired) electrons. The minimum atomic E-state index is -0.558. The molecule has 0 spiro atoms. The van der Waals surface area contributed by atoms with Crippen molar-refractivity contribution in [2.24, 2.45) is 0 Å². The van der Waals surface area contributed by atoms with Gasteiger partial charge in [0.2, 0.25) is 0 Å². The van der Waals surface area contributed by atoms with E-state index >= 15 is 0 Å². The molecule has 3 rings (SSSR count). The Bertz CT molecular complexity index is 984. The van der Waals surface area contributed by atoms with Crippen LogP contribution in [-0.4, -0.2) is 18.5 Å². The van der Waals surface area contributed by atoms with E-state index in [0.29, 0.717) is 22.1 Å². The Balaban J connectivity index is 1.48. The molecule has 0 aromatic heterocycles. The van der Waals surface area contributed by atoms with E-state index in [0.717, 1.165) is 11.1 Å². The Hall–Kier alpha value is -3.31. The third-order valence-electron chi connectivity index (χ3n) is 4.02. The van der Waals surface area contributed by atoms with Gasteiger partial charge in [0.15, 0.2) is 6.61 Å². The van der Waals surface area contributed by atoms with Crippen LogP contribution in [-0.2, 0) is 16.1 Å².